The van der Waals surface area contributed by atoms with Crippen LogP contribution in [-0.4, -0.2) is 74.7 Å². The number of ether oxygens (including phenoxy) is 1. The second-order valence-corrected chi connectivity index (χ2v) is 12.6. The molecular formula is C25H42F3NO4S. The second kappa shape index (κ2) is 12.0. The van der Waals surface area contributed by atoms with Gasteiger partial charge in [0, 0.05) is 23.1 Å². The molecule has 3 aliphatic carbocycles. The van der Waals surface area contributed by atoms with E-state index in [-0.39, 0.29) is 30.4 Å². The van der Waals surface area contributed by atoms with Gasteiger partial charge in [-0.3, -0.25) is 4.90 Å². The van der Waals surface area contributed by atoms with Gasteiger partial charge in [0.05, 0.1) is 18.6 Å². The van der Waals surface area contributed by atoms with Crippen molar-refractivity contribution >= 4 is 11.8 Å². The van der Waals surface area contributed by atoms with Crippen LogP contribution in [0, 0.1) is 17.8 Å². The Labute approximate surface area is 205 Å². The van der Waals surface area contributed by atoms with Gasteiger partial charge in [0.2, 0.25) is 0 Å². The van der Waals surface area contributed by atoms with Gasteiger partial charge < -0.3 is 20.1 Å². The molecule has 0 aromatic heterocycles. The highest BCUT2D eigenvalue weighted by molar-refractivity contribution is 8.00. The number of hydrogen-bond acceptors (Lipinski definition) is 6. The zero-order chi connectivity index (χ0) is 24.3. The third-order valence-corrected chi connectivity index (χ3v) is 10.4. The van der Waals surface area contributed by atoms with E-state index in [1.165, 1.54) is 0 Å². The summed E-state index contributed by atoms with van der Waals surface area (Å²) in [6, 6.07) is 0.175. The zero-order valence-electron chi connectivity index (χ0n) is 20.0. The molecule has 198 valence electrons. The molecule has 0 aromatic carbocycles. The summed E-state index contributed by atoms with van der Waals surface area (Å²) >= 11 is 1.87. The maximum atomic E-state index is 13.8. The lowest BCUT2D eigenvalue weighted by Gasteiger charge is -2.52. The Morgan fingerprint density at radius 1 is 0.941 bits per heavy atom. The molecule has 1 aliphatic heterocycles. The van der Waals surface area contributed by atoms with Crippen LogP contribution in [-0.2, 0) is 4.74 Å². The number of rotatable bonds is 7. The maximum Gasteiger partial charge on any atom is 0.392 e. The lowest BCUT2D eigenvalue weighted by molar-refractivity contribution is -0.201. The molecule has 8 unspecified atom stereocenters. The van der Waals surface area contributed by atoms with E-state index in [4.69, 9.17) is 14.9 Å². The summed E-state index contributed by atoms with van der Waals surface area (Å²) < 4.78 is 47.0. The summed E-state index contributed by atoms with van der Waals surface area (Å²) in [5.74, 6) is -1.30. The Balaban J connectivity index is 1.43. The summed E-state index contributed by atoms with van der Waals surface area (Å²) in [6.07, 6.45) is 4.89. The molecule has 0 aromatic rings. The van der Waals surface area contributed by atoms with Crippen molar-refractivity contribution in [3.63, 3.8) is 0 Å². The van der Waals surface area contributed by atoms with E-state index >= 15 is 0 Å². The van der Waals surface area contributed by atoms with Gasteiger partial charge in [-0.15, -0.1) is 11.8 Å². The van der Waals surface area contributed by atoms with Crippen LogP contribution in [0.25, 0.3) is 0 Å². The molecule has 9 heteroatoms. The van der Waals surface area contributed by atoms with E-state index in [0.29, 0.717) is 30.6 Å². The molecule has 0 radical (unpaired) electrons. The van der Waals surface area contributed by atoms with Crippen LogP contribution in [0.15, 0.2) is 0 Å². The number of fused-ring (bicyclic) bond motifs is 1. The van der Waals surface area contributed by atoms with E-state index in [9.17, 15) is 18.3 Å². The molecule has 1 saturated heterocycles. The molecule has 0 spiro atoms. The molecule has 4 fully saturated rings. The molecule has 5 nitrogen and oxygen atoms in total. The fraction of sp³-hybridized carbons (Fsp3) is 1.00. The Bertz CT molecular complexity index is 640. The van der Waals surface area contributed by atoms with Gasteiger partial charge in [-0.1, -0.05) is 38.5 Å². The lowest BCUT2D eigenvalue weighted by atomic mass is 9.77. The minimum absolute atomic E-state index is 0.000372. The van der Waals surface area contributed by atoms with Crippen LogP contribution in [0.4, 0.5) is 13.2 Å². The minimum Gasteiger partial charge on any atom is -0.377 e. The predicted molar refractivity (Wildman–Crippen MR) is 126 cm³/mol. The van der Waals surface area contributed by atoms with Crippen LogP contribution in [0.5, 0.6) is 0 Å². The monoisotopic (exact) mass is 509 g/mol. The SMILES string of the molecule is OC(O)COC1CCCC(CC2SC3CCCCC3N(CC3CCCCC3C(F)(F)F)C2O)C1. The first-order valence-electron chi connectivity index (χ1n) is 13.4. The van der Waals surface area contributed by atoms with Crippen LogP contribution in [0.2, 0.25) is 0 Å². The van der Waals surface area contributed by atoms with Crippen molar-refractivity contribution < 1.29 is 33.2 Å². The summed E-state index contributed by atoms with van der Waals surface area (Å²) in [7, 11) is 0. The average Bonchev–Trinajstić information content (AvgIpc) is 2.80. The van der Waals surface area contributed by atoms with Gasteiger partial charge in [-0.05, 0) is 56.8 Å². The van der Waals surface area contributed by atoms with Crippen LogP contribution < -0.4 is 0 Å². The summed E-state index contributed by atoms with van der Waals surface area (Å²) in [4.78, 5) is 2.08. The average molecular weight is 510 g/mol. The van der Waals surface area contributed by atoms with Crippen LogP contribution in [0.3, 0.4) is 0 Å². The van der Waals surface area contributed by atoms with Crippen molar-refractivity contribution in [3.05, 3.63) is 0 Å². The molecular weight excluding hydrogens is 467 g/mol. The molecule has 4 rings (SSSR count). The quantitative estimate of drug-likeness (QED) is 0.433. The van der Waals surface area contributed by atoms with Crippen molar-refractivity contribution in [3.8, 4) is 0 Å². The summed E-state index contributed by atoms with van der Waals surface area (Å²) in [5, 5.41) is 30.1. The minimum atomic E-state index is -4.16. The van der Waals surface area contributed by atoms with Crippen LogP contribution in [0.1, 0.15) is 83.5 Å². The molecule has 0 bridgehead atoms. The van der Waals surface area contributed by atoms with E-state index in [0.717, 1.165) is 64.2 Å². The molecule has 0 amide bonds. The third kappa shape index (κ3) is 6.82. The van der Waals surface area contributed by atoms with Gasteiger partial charge in [0.1, 0.15) is 6.23 Å². The highest BCUT2D eigenvalue weighted by Crippen LogP contribution is 2.47. The number of aliphatic hydroxyl groups is 3. The fourth-order valence-electron chi connectivity index (χ4n) is 7.03. The molecule has 4 aliphatic rings. The third-order valence-electron chi connectivity index (χ3n) is 8.67. The van der Waals surface area contributed by atoms with Crippen molar-refractivity contribution in [1.82, 2.24) is 4.90 Å². The smallest absolute Gasteiger partial charge is 0.377 e. The van der Waals surface area contributed by atoms with E-state index < -0.39 is 30.5 Å². The van der Waals surface area contributed by atoms with Gasteiger partial charge >= 0.3 is 6.18 Å². The number of halogens is 3. The number of aliphatic hydroxyl groups excluding tert-OH is 2. The fourth-order valence-corrected chi connectivity index (χ4v) is 8.93. The first kappa shape index (κ1) is 27.0. The number of hydrogen-bond donors (Lipinski definition) is 3. The zero-order valence-corrected chi connectivity index (χ0v) is 20.9. The standard InChI is InChI=1S/C25H42F3NO4S/c26-25(27,28)19-9-2-1-7-17(19)14-29-20-10-3-4-11-21(20)34-22(24(29)32)13-16-6-5-8-18(12-16)33-15-23(30)31/h16-24,30-32H,1-15H2. The molecule has 3 saturated carbocycles. The number of nitrogens with zero attached hydrogens (tertiary/aromatic N) is 1. The topological polar surface area (TPSA) is 73.2 Å². The van der Waals surface area contributed by atoms with E-state index in [1.807, 2.05) is 11.8 Å². The first-order chi connectivity index (χ1) is 16.2. The van der Waals surface area contributed by atoms with E-state index in [2.05, 4.69) is 4.90 Å². The lowest BCUT2D eigenvalue weighted by Crippen LogP contribution is -2.60. The van der Waals surface area contributed by atoms with Crippen molar-refractivity contribution in [2.45, 2.75) is 125 Å². The predicted octanol–water partition coefficient (Wildman–Crippen LogP) is 4.68. The Morgan fingerprint density at radius 3 is 2.44 bits per heavy atom. The van der Waals surface area contributed by atoms with Crippen molar-refractivity contribution in [2.24, 2.45) is 17.8 Å². The molecule has 8 atom stereocenters. The largest absolute Gasteiger partial charge is 0.392 e. The normalized spacial score (nSPS) is 40.3. The molecule has 34 heavy (non-hydrogen) atoms. The Hall–Kier alpha value is -0.0600. The highest BCUT2D eigenvalue weighted by atomic mass is 32.2. The molecule has 1 heterocycles. The van der Waals surface area contributed by atoms with Gasteiger partial charge in [0.25, 0.3) is 0 Å². The van der Waals surface area contributed by atoms with Crippen molar-refractivity contribution in [2.75, 3.05) is 13.2 Å². The second-order valence-electron chi connectivity index (χ2n) is 11.1. The molecule has 3 N–H and O–H groups in total. The maximum absolute atomic E-state index is 13.8. The van der Waals surface area contributed by atoms with E-state index in [1.54, 1.807) is 0 Å². The summed E-state index contributed by atoms with van der Waals surface area (Å²) in [5.41, 5.74) is 0. The highest BCUT2D eigenvalue weighted by Gasteiger charge is 2.49. The van der Waals surface area contributed by atoms with Crippen LogP contribution >= 0.6 is 11.8 Å². The Kier molecular flexibility index (Phi) is 9.52. The number of alkyl halides is 3. The Morgan fingerprint density at radius 2 is 1.68 bits per heavy atom. The van der Waals surface area contributed by atoms with Crippen molar-refractivity contribution in [1.29, 1.82) is 0 Å². The van der Waals surface area contributed by atoms with Gasteiger partial charge in [-0.25, -0.2) is 0 Å². The van der Waals surface area contributed by atoms with Gasteiger partial charge in [-0.2, -0.15) is 13.2 Å². The summed E-state index contributed by atoms with van der Waals surface area (Å²) in [6.45, 7) is 0.270. The number of thioether (sulfide) groups is 1. The van der Waals surface area contributed by atoms with Gasteiger partial charge in [0.15, 0.2) is 6.29 Å². The first-order valence-corrected chi connectivity index (χ1v) is 14.3.